The molecule has 2 N–H and O–H groups in total. The number of halogens is 1. The Bertz CT molecular complexity index is 431. The van der Waals surface area contributed by atoms with Crippen LogP contribution < -0.4 is 10.5 Å². The molecule has 0 amide bonds. The van der Waals surface area contributed by atoms with E-state index in [0.29, 0.717) is 11.4 Å². The summed E-state index contributed by atoms with van der Waals surface area (Å²) in [6, 6.07) is 5.29. The van der Waals surface area contributed by atoms with Gasteiger partial charge in [-0.1, -0.05) is 0 Å². The molecule has 1 aromatic carbocycles. The lowest BCUT2D eigenvalue weighted by molar-refractivity contribution is 0.414. The number of nitrogen functional groups attached to an aromatic ring is 1. The topological polar surface area (TPSA) is 78.9 Å². The average molecular weight is 228 g/mol. The van der Waals surface area contributed by atoms with Crippen LogP contribution in [0.2, 0.25) is 0 Å². The molecule has 0 spiro atoms. The minimum Gasteiger partial charge on any atom is -0.497 e. The third-order valence-corrected chi connectivity index (χ3v) is 1.76. The van der Waals surface area contributed by atoms with Crippen molar-refractivity contribution >= 4 is 18.1 Å². The Morgan fingerprint density at radius 2 is 2.13 bits per heavy atom. The van der Waals surface area contributed by atoms with Gasteiger partial charge in [-0.2, -0.15) is 0 Å². The highest BCUT2D eigenvalue weighted by Crippen LogP contribution is 2.20. The Labute approximate surface area is 92.4 Å². The van der Waals surface area contributed by atoms with E-state index in [1.165, 1.54) is 11.0 Å². The van der Waals surface area contributed by atoms with Crippen LogP contribution >= 0.6 is 12.4 Å². The predicted molar refractivity (Wildman–Crippen MR) is 57.4 cm³/mol. The zero-order valence-electron chi connectivity index (χ0n) is 7.99. The van der Waals surface area contributed by atoms with E-state index in [1.54, 1.807) is 25.3 Å². The number of hydrogen-bond acceptors (Lipinski definition) is 5. The number of tetrazole rings is 1. The number of aromatic nitrogens is 4. The van der Waals surface area contributed by atoms with Crippen molar-refractivity contribution in [3.63, 3.8) is 0 Å². The van der Waals surface area contributed by atoms with Crippen molar-refractivity contribution < 1.29 is 4.74 Å². The molecule has 0 unspecified atom stereocenters. The van der Waals surface area contributed by atoms with Crippen molar-refractivity contribution in [1.82, 2.24) is 20.2 Å². The zero-order valence-corrected chi connectivity index (χ0v) is 8.81. The summed E-state index contributed by atoms with van der Waals surface area (Å²) < 4.78 is 6.58. The van der Waals surface area contributed by atoms with Gasteiger partial charge in [-0.3, -0.25) is 0 Å². The highest BCUT2D eigenvalue weighted by Gasteiger charge is 2.01. The van der Waals surface area contributed by atoms with Gasteiger partial charge in [0.1, 0.15) is 12.1 Å². The van der Waals surface area contributed by atoms with Crippen molar-refractivity contribution in [2.45, 2.75) is 0 Å². The van der Waals surface area contributed by atoms with Crippen molar-refractivity contribution in [2.24, 2.45) is 0 Å². The Hall–Kier alpha value is -1.82. The second-order valence-corrected chi connectivity index (χ2v) is 2.72. The van der Waals surface area contributed by atoms with E-state index in [0.717, 1.165) is 5.69 Å². The first-order valence-electron chi connectivity index (χ1n) is 3.97. The summed E-state index contributed by atoms with van der Waals surface area (Å²) in [5, 5.41) is 10.8. The molecule has 0 saturated heterocycles. The molecule has 6 nitrogen and oxygen atoms in total. The highest BCUT2D eigenvalue weighted by molar-refractivity contribution is 5.85. The molecule has 15 heavy (non-hydrogen) atoms. The van der Waals surface area contributed by atoms with Crippen LogP contribution in [-0.2, 0) is 0 Å². The first-order chi connectivity index (χ1) is 6.79. The second-order valence-electron chi connectivity index (χ2n) is 2.72. The summed E-state index contributed by atoms with van der Waals surface area (Å²) >= 11 is 0. The van der Waals surface area contributed by atoms with Gasteiger partial charge in [0.2, 0.25) is 0 Å². The van der Waals surface area contributed by atoms with Crippen LogP contribution in [0.5, 0.6) is 5.75 Å². The van der Waals surface area contributed by atoms with Gasteiger partial charge in [0, 0.05) is 17.8 Å². The standard InChI is InChI=1S/C8H9N5O.ClH/c1-14-8-3-6(9)2-7(4-8)13-5-10-11-12-13;/h2-5H,9H2,1H3;1H. The number of ether oxygens (including phenoxy) is 1. The first-order valence-corrected chi connectivity index (χ1v) is 3.97. The van der Waals surface area contributed by atoms with Crippen molar-refractivity contribution in [2.75, 3.05) is 12.8 Å². The van der Waals surface area contributed by atoms with Crippen LogP contribution in [0.3, 0.4) is 0 Å². The van der Waals surface area contributed by atoms with Crippen LogP contribution in [0.1, 0.15) is 0 Å². The normalized spacial score (nSPS) is 9.40. The quantitative estimate of drug-likeness (QED) is 0.763. The number of nitrogens with two attached hydrogens (primary N) is 1. The van der Waals surface area contributed by atoms with Crippen LogP contribution in [0.4, 0.5) is 5.69 Å². The van der Waals surface area contributed by atoms with E-state index < -0.39 is 0 Å². The van der Waals surface area contributed by atoms with E-state index in [-0.39, 0.29) is 12.4 Å². The Morgan fingerprint density at radius 3 is 2.73 bits per heavy atom. The van der Waals surface area contributed by atoms with Crippen LogP contribution in [0.15, 0.2) is 24.5 Å². The maximum atomic E-state index is 5.68. The first kappa shape index (κ1) is 11.3. The zero-order chi connectivity index (χ0) is 9.97. The van der Waals surface area contributed by atoms with Crippen molar-refractivity contribution in [3.8, 4) is 11.4 Å². The van der Waals surface area contributed by atoms with E-state index in [1.807, 2.05) is 0 Å². The molecule has 80 valence electrons. The molecule has 0 atom stereocenters. The summed E-state index contributed by atoms with van der Waals surface area (Å²) in [5.41, 5.74) is 7.06. The smallest absolute Gasteiger partial charge is 0.143 e. The van der Waals surface area contributed by atoms with Crippen LogP contribution in [-0.4, -0.2) is 27.3 Å². The van der Waals surface area contributed by atoms with Crippen LogP contribution in [0, 0.1) is 0 Å². The summed E-state index contributed by atoms with van der Waals surface area (Å²) in [7, 11) is 1.58. The molecule has 0 aliphatic carbocycles. The number of nitrogens with zero attached hydrogens (tertiary/aromatic N) is 4. The van der Waals surface area contributed by atoms with Gasteiger partial charge in [0.05, 0.1) is 12.8 Å². The summed E-state index contributed by atoms with van der Waals surface area (Å²) in [6.07, 6.45) is 1.49. The summed E-state index contributed by atoms with van der Waals surface area (Å²) in [4.78, 5) is 0. The third kappa shape index (κ3) is 2.35. The Morgan fingerprint density at radius 1 is 1.33 bits per heavy atom. The fourth-order valence-corrected chi connectivity index (χ4v) is 1.14. The molecule has 0 aliphatic rings. The maximum absolute atomic E-state index is 5.68. The molecular formula is C8H10ClN5O. The lowest BCUT2D eigenvalue weighted by atomic mass is 10.2. The molecule has 1 heterocycles. The molecule has 0 radical (unpaired) electrons. The van der Waals surface area contributed by atoms with E-state index in [4.69, 9.17) is 10.5 Å². The largest absolute Gasteiger partial charge is 0.497 e. The number of benzene rings is 1. The molecule has 7 heteroatoms. The number of anilines is 1. The van der Waals surface area contributed by atoms with Gasteiger partial charge in [-0.05, 0) is 16.5 Å². The number of rotatable bonds is 2. The van der Waals surface area contributed by atoms with Crippen LogP contribution in [0.25, 0.3) is 5.69 Å². The Balaban J connectivity index is 0.00000112. The molecule has 1 aromatic heterocycles. The van der Waals surface area contributed by atoms with E-state index in [2.05, 4.69) is 15.5 Å². The molecule has 2 rings (SSSR count). The minimum atomic E-state index is 0. The highest BCUT2D eigenvalue weighted by atomic mass is 35.5. The predicted octanol–water partition coefficient (Wildman–Crippen LogP) is 0.675. The second kappa shape index (κ2) is 4.61. The van der Waals surface area contributed by atoms with Gasteiger partial charge in [0.25, 0.3) is 0 Å². The lowest BCUT2D eigenvalue weighted by Crippen LogP contribution is -1.98. The van der Waals surface area contributed by atoms with Crippen molar-refractivity contribution in [1.29, 1.82) is 0 Å². The molecular weight excluding hydrogens is 218 g/mol. The third-order valence-electron chi connectivity index (χ3n) is 1.76. The lowest BCUT2D eigenvalue weighted by Gasteiger charge is -2.04. The van der Waals surface area contributed by atoms with E-state index in [9.17, 15) is 0 Å². The summed E-state index contributed by atoms with van der Waals surface area (Å²) in [5.74, 6) is 0.676. The SMILES string of the molecule is COc1cc(N)cc(-n2cnnn2)c1.Cl. The molecule has 0 fully saturated rings. The number of methoxy groups -OCH3 is 1. The van der Waals surface area contributed by atoms with Gasteiger partial charge in [-0.25, -0.2) is 4.68 Å². The van der Waals surface area contributed by atoms with Gasteiger partial charge < -0.3 is 10.5 Å². The minimum absolute atomic E-state index is 0. The fraction of sp³-hybridized carbons (Fsp3) is 0.125. The van der Waals surface area contributed by atoms with Gasteiger partial charge in [-0.15, -0.1) is 17.5 Å². The average Bonchev–Trinajstić information content (AvgIpc) is 2.69. The molecule has 0 bridgehead atoms. The van der Waals surface area contributed by atoms with Crippen molar-refractivity contribution in [3.05, 3.63) is 24.5 Å². The molecule has 0 saturated carbocycles. The summed E-state index contributed by atoms with van der Waals surface area (Å²) in [6.45, 7) is 0. The fourth-order valence-electron chi connectivity index (χ4n) is 1.14. The van der Waals surface area contributed by atoms with E-state index >= 15 is 0 Å². The van der Waals surface area contributed by atoms with Gasteiger partial charge >= 0.3 is 0 Å². The Kier molecular flexibility index (Phi) is 3.46. The maximum Gasteiger partial charge on any atom is 0.143 e. The molecule has 0 aliphatic heterocycles. The number of hydrogen-bond donors (Lipinski definition) is 1. The molecule has 2 aromatic rings. The van der Waals surface area contributed by atoms with Gasteiger partial charge in [0.15, 0.2) is 0 Å². The monoisotopic (exact) mass is 227 g/mol.